The first-order valence-electron chi connectivity index (χ1n) is 5.41. The highest BCUT2D eigenvalue weighted by Crippen LogP contribution is 2.19. The third-order valence-electron chi connectivity index (χ3n) is 2.65. The molecular weight excluding hydrogens is 236 g/mol. The number of benzene rings is 1. The second-order valence-electron chi connectivity index (χ2n) is 3.92. The Kier molecular flexibility index (Phi) is 4.19. The number of hydrogen-bond acceptors (Lipinski definition) is 5. The van der Waals surface area contributed by atoms with Gasteiger partial charge in [0.2, 0.25) is 0 Å². The smallest absolute Gasteiger partial charge is 0.105 e. The van der Waals surface area contributed by atoms with Gasteiger partial charge in [0.1, 0.15) is 5.69 Å². The summed E-state index contributed by atoms with van der Waals surface area (Å²) in [4.78, 5) is 0. The second kappa shape index (κ2) is 5.86. The van der Waals surface area contributed by atoms with Crippen LogP contribution in [0, 0.1) is 5.92 Å². The van der Waals surface area contributed by atoms with Crippen molar-refractivity contribution in [3.8, 4) is 11.3 Å². The molecule has 0 amide bonds. The van der Waals surface area contributed by atoms with Gasteiger partial charge >= 0.3 is 0 Å². The lowest BCUT2D eigenvalue weighted by Gasteiger charge is -2.10. The molecule has 0 radical (unpaired) electrons. The molecule has 0 saturated heterocycles. The number of aliphatic hydroxyl groups excluding tert-OH is 2. The van der Waals surface area contributed by atoms with Gasteiger partial charge < -0.3 is 10.2 Å². The molecule has 0 fully saturated rings. The van der Waals surface area contributed by atoms with Crippen LogP contribution in [0.15, 0.2) is 29.6 Å². The van der Waals surface area contributed by atoms with E-state index in [1.807, 2.05) is 29.6 Å². The molecule has 1 aromatic carbocycles. The van der Waals surface area contributed by atoms with Crippen molar-refractivity contribution in [2.75, 3.05) is 13.2 Å². The lowest BCUT2D eigenvalue weighted by atomic mass is 9.99. The summed E-state index contributed by atoms with van der Waals surface area (Å²) in [5.74, 6) is -0.0817. The molecule has 0 spiro atoms. The summed E-state index contributed by atoms with van der Waals surface area (Å²) in [5, 5.41) is 23.9. The molecule has 0 bridgehead atoms. The Labute approximate surface area is 104 Å². The fraction of sp³-hybridized carbons (Fsp3) is 0.333. The topological polar surface area (TPSA) is 66.2 Å². The van der Waals surface area contributed by atoms with E-state index in [1.54, 1.807) is 0 Å². The normalized spacial score (nSPS) is 11.0. The number of rotatable bonds is 5. The number of aromatic nitrogens is 2. The highest BCUT2D eigenvalue weighted by atomic mass is 32.1. The van der Waals surface area contributed by atoms with Crippen molar-refractivity contribution in [1.29, 1.82) is 0 Å². The molecular formula is C12H14N2O2S. The highest BCUT2D eigenvalue weighted by molar-refractivity contribution is 7.03. The van der Waals surface area contributed by atoms with Crippen molar-refractivity contribution in [2.45, 2.75) is 6.42 Å². The molecule has 4 nitrogen and oxygen atoms in total. The summed E-state index contributed by atoms with van der Waals surface area (Å²) in [6, 6.07) is 7.95. The van der Waals surface area contributed by atoms with Gasteiger partial charge in [-0.3, -0.25) is 0 Å². The zero-order valence-electron chi connectivity index (χ0n) is 9.28. The summed E-state index contributed by atoms with van der Waals surface area (Å²) in [5.41, 5.74) is 3.01. The molecule has 1 aromatic heterocycles. The van der Waals surface area contributed by atoms with Crippen molar-refractivity contribution >= 4 is 11.5 Å². The molecule has 1 heterocycles. The summed E-state index contributed by atoms with van der Waals surface area (Å²) in [7, 11) is 0. The molecule has 5 heteroatoms. The molecule has 0 aliphatic heterocycles. The molecule has 0 aliphatic carbocycles. The van der Waals surface area contributed by atoms with Crippen molar-refractivity contribution in [2.24, 2.45) is 5.92 Å². The fourth-order valence-corrected chi connectivity index (χ4v) is 2.09. The average molecular weight is 250 g/mol. The van der Waals surface area contributed by atoms with Crippen molar-refractivity contribution in [3.05, 3.63) is 35.2 Å². The zero-order valence-corrected chi connectivity index (χ0v) is 10.1. The van der Waals surface area contributed by atoms with E-state index in [0.717, 1.165) is 16.8 Å². The predicted molar refractivity (Wildman–Crippen MR) is 66.7 cm³/mol. The van der Waals surface area contributed by atoms with E-state index in [2.05, 4.69) is 9.59 Å². The molecule has 0 aliphatic rings. The zero-order chi connectivity index (χ0) is 12.1. The minimum Gasteiger partial charge on any atom is -0.396 e. The predicted octanol–water partition coefficient (Wildman–Crippen LogP) is 1.35. The van der Waals surface area contributed by atoms with Crippen LogP contribution in [0.5, 0.6) is 0 Å². The van der Waals surface area contributed by atoms with Gasteiger partial charge in [-0.1, -0.05) is 28.8 Å². The third-order valence-corrected chi connectivity index (χ3v) is 3.16. The largest absolute Gasteiger partial charge is 0.396 e. The van der Waals surface area contributed by atoms with E-state index in [1.165, 1.54) is 11.5 Å². The quantitative estimate of drug-likeness (QED) is 0.840. The van der Waals surface area contributed by atoms with Gasteiger partial charge in [0, 0.05) is 30.1 Å². The summed E-state index contributed by atoms with van der Waals surface area (Å²) in [6.07, 6.45) is 0.683. The maximum atomic E-state index is 9.02. The Morgan fingerprint density at radius 2 is 1.82 bits per heavy atom. The summed E-state index contributed by atoms with van der Waals surface area (Å²) in [6.45, 7) is 0.0164. The summed E-state index contributed by atoms with van der Waals surface area (Å²) >= 11 is 1.33. The lowest BCUT2D eigenvalue weighted by molar-refractivity contribution is 0.150. The van der Waals surface area contributed by atoms with Crippen LogP contribution in [0.3, 0.4) is 0 Å². The van der Waals surface area contributed by atoms with Crippen LogP contribution in [-0.2, 0) is 6.42 Å². The molecule has 0 unspecified atom stereocenters. The molecule has 90 valence electrons. The standard InChI is InChI=1S/C12H14N2O2S/c15-6-10(7-16)5-9-1-3-11(4-2-9)12-8-17-14-13-12/h1-4,8,10,15-16H,5-7H2. The number of nitrogens with zero attached hydrogens (tertiary/aromatic N) is 2. The SMILES string of the molecule is OCC(CO)Cc1ccc(-c2csnn2)cc1. The Morgan fingerprint density at radius 1 is 1.12 bits per heavy atom. The van der Waals surface area contributed by atoms with Gasteiger partial charge in [-0.25, -0.2) is 0 Å². The van der Waals surface area contributed by atoms with Gasteiger partial charge in [-0.2, -0.15) is 0 Å². The van der Waals surface area contributed by atoms with Crippen LogP contribution in [-0.4, -0.2) is 33.0 Å². The van der Waals surface area contributed by atoms with Gasteiger partial charge in [-0.15, -0.1) is 5.10 Å². The first-order chi connectivity index (χ1) is 8.33. The van der Waals surface area contributed by atoms with Crippen LogP contribution >= 0.6 is 11.5 Å². The van der Waals surface area contributed by atoms with Gasteiger partial charge in [0.15, 0.2) is 0 Å². The Balaban J connectivity index is 2.08. The Morgan fingerprint density at radius 3 is 2.35 bits per heavy atom. The highest BCUT2D eigenvalue weighted by Gasteiger charge is 2.07. The molecule has 0 atom stereocenters. The third kappa shape index (κ3) is 3.09. The lowest BCUT2D eigenvalue weighted by Crippen LogP contribution is -2.13. The summed E-state index contributed by atoms with van der Waals surface area (Å²) < 4.78 is 3.82. The van der Waals surface area contributed by atoms with Gasteiger partial charge in [-0.05, 0) is 23.5 Å². The average Bonchev–Trinajstić information content (AvgIpc) is 2.90. The monoisotopic (exact) mass is 250 g/mol. The minimum absolute atomic E-state index is 0.00819. The maximum Gasteiger partial charge on any atom is 0.105 e. The molecule has 2 N–H and O–H groups in total. The van der Waals surface area contributed by atoms with Crippen LogP contribution in [0.25, 0.3) is 11.3 Å². The van der Waals surface area contributed by atoms with Gasteiger partial charge in [0.05, 0.1) is 0 Å². The van der Waals surface area contributed by atoms with E-state index >= 15 is 0 Å². The fourth-order valence-electron chi connectivity index (χ4n) is 1.62. The number of aliphatic hydroxyl groups is 2. The molecule has 0 saturated carbocycles. The van der Waals surface area contributed by atoms with Crippen LogP contribution in [0.1, 0.15) is 5.56 Å². The minimum atomic E-state index is -0.0817. The maximum absolute atomic E-state index is 9.02. The first-order valence-corrected chi connectivity index (χ1v) is 6.25. The van der Waals surface area contributed by atoms with Crippen LogP contribution in [0.2, 0.25) is 0 Å². The first kappa shape index (κ1) is 12.2. The van der Waals surface area contributed by atoms with E-state index < -0.39 is 0 Å². The Hall–Kier alpha value is -1.30. The van der Waals surface area contributed by atoms with Crippen molar-refractivity contribution in [1.82, 2.24) is 9.59 Å². The van der Waals surface area contributed by atoms with Crippen LogP contribution in [0.4, 0.5) is 0 Å². The van der Waals surface area contributed by atoms with Crippen LogP contribution < -0.4 is 0 Å². The van der Waals surface area contributed by atoms with Crippen molar-refractivity contribution < 1.29 is 10.2 Å². The Bertz CT molecular complexity index is 438. The molecule has 2 rings (SSSR count). The van der Waals surface area contributed by atoms with E-state index in [9.17, 15) is 0 Å². The van der Waals surface area contributed by atoms with E-state index in [-0.39, 0.29) is 19.1 Å². The van der Waals surface area contributed by atoms with E-state index in [4.69, 9.17) is 10.2 Å². The second-order valence-corrected chi connectivity index (χ2v) is 4.53. The van der Waals surface area contributed by atoms with E-state index in [0.29, 0.717) is 6.42 Å². The molecule has 17 heavy (non-hydrogen) atoms. The molecule has 2 aromatic rings. The van der Waals surface area contributed by atoms with Gasteiger partial charge in [0.25, 0.3) is 0 Å². The van der Waals surface area contributed by atoms with Crippen molar-refractivity contribution in [3.63, 3.8) is 0 Å². The number of hydrogen-bond donors (Lipinski definition) is 2.